The molecule has 3 rings (SSSR count). The van der Waals surface area contributed by atoms with Crippen molar-refractivity contribution in [1.29, 1.82) is 0 Å². The summed E-state index contributed by atoms with van der Waals surface area (Å²) in [7, 11) is 0. The number of aromatic nitrogens is 2. The Kier molecular flexibility index (Phi) is 5.01. The molecule has 1 unspecified atom stereocenters. The van der Waals surface area contributed by atoms with Crippen LogP contribution in [-0.2, 0) is 11.0 Å². The molecule has 1 aliphatic rings. The normalized spacial score (nSPS) is 17.3. The van der Waals surface area contributed by atoms with Crippen molar-refractivity contribution in [3.8, 4) is 0 Å². The molecule has 2 aromatic heterocycles. The lowest BCUT2D eigenvalue weighted by Gasteiger charge is -2.35. The smallest absolute Gasteiger partial charge is 0.370 e. The van der Waals surface area contributed by atoms with Crippen molar-refractivity contribution >= 4 is 12.0 Å². The highest BCUT2D eigenvalue weighted by Crippen LogP contribution is 2.33. The van der Waals surface area contributed by atoms with Crippen molar-refractivity contribution in [3.05, 3.63) is 54.1 Å². The number of piperidine rings is 1. The third-order valence-corrected chi connectivity index (χ3v) is 4.67. The van der Waals surface area contributed by atoms with E-state index in [0.29, 0.717) is 18.8 Å². The van der Waals surface area contributed by atoms with Crippen LogP contribution in [0, 0.1) is 5.92 Å². The van der Waals surface area contributed by atoms with Gasteiger partial charge in [0.1, 0.15) is 12.0 Å². The van der Waals surface area contributed by atoms with E-state index in [9.17, 15) is 18.0 Å². The van der Waals surface area contributed by atoms with Crippen molar-refractivity contribution in [1.82, 2.24) is 9.97 Å². The van der Waals surface area contributed by atoms with Crippen LogP contribution in [0.4, 0.5) is 18.9 Å². The van der Waals surface area contributed by atoms with Crippen molar-refractivity contribution in [2.75, 3.05) is 18.0 Å². The molecule has 0 saturated carbocycles. The van der Waals surface area contributed by atoms with Crippen LogP contribution < -0.4 is 4.90 Å². The van der Waals surface area contributed by atoms with E-state index in [0.717, 1.165) is 30.8 Å². The Morgan fingerprint density at radius 2 is 1.92 bits per heavy atom. The molecule has 1 saturated heterocycles. The zero-order valence-electron chi connectivity index (χ0n) is 13.5. The molecule has 25 heavy (non-hydrogen) atoms. The maximum atomic E-state index is 12.6. The number of anilines is 1. The molecule has 0 aromatic carbocycles. The van der Waals surface area contributed by atoms with Crippen molar-refractivity contribution in [2.24, 2.45) is 5.92 Å². The summed E-state index contributed by atoms with van der Waals surface area (Å²) in [5.74, 6) is 0.0157. The van der Waals surface area contributed by atoms with E-state index < -0.39 is 11.9 Å². The standard InChI is InChI=1S/C18H18F3N3O/c19-18(20,21)17-4-3-15(11-23-17)24-8-5-13(6-9-24)16(12-25)14-2-1-7-22-10-14/h1-4,7,10-13,16H,5-6,8-9H2. The summed E-state index contributed by atoms with van der Waals surface area (Å²) < 4.78 is 37.8. The molecule has 0 amide bonds. The molecule has 0 radical (unpaired) electrons. The van der Waals surface area contributed by atoms with Crippen LogP contribution in [0.2, 0.25) is 0 Å². The van der Waals surface area contributed by atoms with Gasteiger partial charge >= 0.3 is 6.18 Å². The fourth-order valence-corrected chi connectivity index (χ4v) is 3.29. The summed E-state index contributed by atoms with van der Waals surface area (Å²) in [5, 5.41) is 0. The number of carbonyl (C=O) groups excluding carboxylic acids is 1. The Labute approximate surface area is 143 Å². The lowest BCUT2D eigenvalue weighted by molar-refractivity contribution is -0.141. The fraction of sp³-hybridized carbons (Fsp3) is 0.389. The molecule has 1 aliphatic heterocycles. The van der Waals surface area contributed by atoms with E-state index in [1.807, 2.05) is 17.0 Å². The second kappa shape index (κ2) is 7.21. The Morgan fingerprint density at radius 3 is 2.44 bits per heavy atom. The average Bonchev–Trinajstić information content (AvgIpc) is 2.63. The number of hydrogen-bond donors (Lipinski definition) is 0. The number of rotatable bonds is 4. The predicted octanol–water partition coefficient (Wildman–Crippen LogP) is 3.69. The van der Waals surface area contributed by atoms with Gasteiger partial charge in [0, 0.05) is 31.4 Å². The molecule has 1 atom stereocenters. The Hall–Kier alpha value is -2.44. The summed E-state index contributed by atoms with van der Waals surface area (Å²) in [6.45, 7) is 1.37. The zero-order valence-corrected chi connectivity index (χ0v) is 13.5. The van der Waals surface area contributed by atoms with Gasteiger partial charge in [0.05, 0.1) is 11.9 Å². The molecule has 0 aliphatic carbocycles. The van der Waals surface area contributed by atoms with Crippen LogP contribution in [0.5, 0.6) is 0 Å². The average molecular weight is 349 g/mol. The fourth-order valence-electron chi connectivity index (χ4n) is 3.29. The molecule has 1 fully saturated rings. The van der Waals surface area contributed by atoms with E-state index in [4.69, 9.17) is 0 Å². The Balaban J connectivity index is 1.64. The third kappa shape index (κ3) is 3.97. The minimum Gasteiger partial charge on any atom is -0.370 e. The van der Waals surface area contributed by atoms with Crippen LogP contribution >= 0.6 is 0 Å². The van der Waals surface area contributed by atoms with Gasteiger partial charge in [0.2, 0.25) is 0 Å². The summed E-state index contributed by atoms with van der Waals surface area (Å²) in [4.78, 5) is 21.1. The molecule has 3 heterocycles. The summed E-state index contributed by atoms with van der Waals surface area (Å²) >= 11 is 0. The van der Waals surface area contributed by atoms with E-state index >= 15 is 0 Å². The monoisotopic (exact) mass is 349 g/mol. The lowest BCUT2D eigenvalue weighted by atomic mass is 9.81. The molecule has 2 aromatic rings. The van der Waals surface area contributed by atoms with Crippen LogP contribution in [0.25, 0.3) is 0 Å². The number of carbonyl (C=O) groups is 1. The van der Waals surface area contributed by atoms with E-state index in [1.165, 1.54) is 12.3 Å². The predicted molar refractivity (Wildman–Crippen MR) is 87.2 cm³/mol. The molecule has 0 N–H and O–H groups in total. The maximum Gasteiger partial charge on any atom is 0.433 e. The molecule has 0 spiro atoms. The largest absolute Gasteiger partial charge is 0.433 e. The molecule has 0 bridgehead atoms. The highest BCUT2D eigenvalue weighted by molar-refractivity contribution is 5.62. The number of alkyl halides is 3. The first-order valence-corrected chi connectivity index (χ1v) is 8.12. The Morgan fingerprint density at radius 1 is 1.16 bits per heavy atom. The van der Waals surface area contributed by atoms with Gasteiger partial charge in [-0.3, -0.25) is 4.98 Å². The SMILES string of the molecule is O=CC(c1cccnc1)C1CCN(c2ccc(C(F)(F)F)nc2)CC1. The van der Waals surface area contributed by atoms with Crippen LogP contribution in [0.15, 0.2) is 42.9 Å². The molecule has 4 nitrogen and oxygen atoms in total. The molecular weight excluding hydrogens is 331 g/mol. The number of hydrogen-bond acceptors (Lipinski definition) is 4. The first kappa shape index (κ1) is 17.4. The molecule has 132 valence electrons. The van der Waals surface area contributed by atoms with Gasteiger partial charge in [-0.1, -0.05) is 6.07 Å². The van der Waals surface area contributed by atoms with Gasteiger partial charge in [0.25, 0.3) is 0 Å². The van der Waals surface area contributed by atoms with E-state index in [2.05, 4.69) is 9.97 Å². The quantitative estimate of drug-likeness (QED) is 0.790. The Bertz CT molecular complexity index is 696. The van der Waals surface area contributed by atoms with Crippen LogP contribution in [0.3, 0.4) is 0 Å². The zero-order chi connectivity index (χ0) is 17.9. The van der Waals surface area contributed by atoms with Crippen LogP contribution in [0.1, 0.15) is 30.0 Å². The van der Waals surface area contributed by atoms with Gasteiger partial charge in [-0.25, -0.2) is 4.98 Å². The second-order valence-electron chi connectivity index (χ2n) is 6.17. The number of halogens is 3. The first-order valence-electron chi connectivity index (χ1n) is 8.12. The highest BCUT2D eigenvalue weighted by atomic mass is 19.4. The van der Waals surface area contributed by atoms with Gasteiger partial charge in [-0.2, -0.15) is 13.2 Å². The van der Waals surface area contributed by atoms with Crippen molar-refractivity contribution in [3.63, 3.8) is 0 Å². The van der Waals surface area contributed by atoms with Crippen LogP contribution in [-0.4, -0.2) is 29.3 Å². The maximum absolute atomic E-state index is 12.6. The lowest BCUT2D eigenvalue weighted by Crippen LogP contribution is -2.36. The summed E-state index contributed by atoms with van der Waals surface area (Å²) in [6, 6.07) is 6.17. The topological polar surface area (TPSA) is 46.1 Å². The number of aldehydes is 1. The third-order valence-electron chi connectivity index (χ3n) is 4.67. The van der Waals surface area contributed by atoms with E-state index in [1.54, 1.807) is 12.4 Å². The minimum absolute atomic E-state index is 0.193. The van der Waals surface area contributed by atoms with Gasteiger partial charge in [-0.05, 0) is 42.5 Å². The highest BCUT2D eigenvalue weighted by Gasteiger charge is 2.33. The molecular formula is C18H18F3N3O. The number of pyridine rings is 2. The van der Waals surface area contributed by atoms with Crippen molar-refractivity contribution < 1.29 is 18.0 Å². The minimum atomic E-state index is -4.42. The van der Waals surface area contributed by atoms with Gasteiger partial charge in [-0.15, -0.1) is 0 Å². The summed E-state index contributed by atoms with van der Waals surface area (Å²) in [5.41, 5.74) is 0.700. The van der Waals surface area contributed by atoms with Crippen molar-refractivity contribution in [2.45, 2.75) is 24.9 Å². The molecule has 7 heteroatoms. The van der Waals surface area contributed by atoms with Gasteiger partial charge in [0.15, 0.2) is 0 Å². The second-order valence-corrected chi connectivity index (χ2v) is 6.17. The van der Waals surface area contributed by atoms with E-state index in [-0.39, 0.29) is 11.8 Å². The summed E-state index contributed by atoms with van der Waals surface area (Å²) in [6.07, 6.45) is 2.78. The number of nitrogens with zero attached hydrogens (tertiary/aromatic N) is 3. The first-order chi connectivity index (χ1) is 12.0. The van der Waals surface area contributed by atoms with Gasteiger partial charge < -0.3 is 9.69 Å².